The van der Waals surface area contributed by atoms with Crippen molar-refractivity contribution in [2.45, 2.75) is 13.0 Å². The Morgan fingerprint density at radius 2 is 1.36 bits per heavy atom. The molecule has 0 aliphatic heterocycles. The Labute approximate surface area is 191 Å². The molecule has 0 radical (unpaired) electrons. The second-order valence-electron chi connectivity index (χ2n) is 7.51. The Kier molecular flexibility index (Phi) is 6.81. The first kappa shape index (κ1) is 21.8. The van der Waals surface area contributed by atoms with Gasteiger partial charge in [0.2, 0.25) is 12.4 Å². The lowest BCUT2D eigenvalue weighted by Gasteiger charge is -2.19. The highest BCUT2D eigenvalue weighted by Gasteiger charge is 2.22. The summed E-state index contributed by atoms with van der Waals surface area (Å²) in [6.45, 7) is 7.54. The van der Waals surface area contributed by atoms with Gasteiger partial charge in [-0.3, -0.25) is 9.36 Å². The van der Waals surface area contributed by atoms with Crippen molar-refractivity contribution in [3.8, 4) is 11.6 Å². The zero-order valence-electron chi connectivity index (χ0n) is 18.1. The molecule has 0 aliphatic rings. The van der Waals surface area contributed by atoms with E-state index in [1.165, 1.54) is 9.13 Å². The normalized spacial score (nSPS) is 10.5. The van der Waals surface area contributed by atoms with E-state index in [1.54, 1.807) is 24.3 Å². The van der Waals surface area contributed by atoms with Crippen LogP contribution in [0.3, 0.4) is 0 Å². The number of rotatable bonds is 8. The minimum absolute atomic E-state index is 0.0916. The quantitative estimate of drug-likeness (QED) is 0.310. The molecule has 33 heavy (non-hydrogen) atoms. The standard InChI is InChI=1S/C27H23N3O3/c1-28-17-18-33-26-24(19-21-11-5-2-6-12-21)25(31)30(23-15-9-4-10-16-23)27(32)29(26)20-22-13-7-3-8-14-22/h2-16H,17-20H2. The molecule has 4 aromatic rings. The summed E-state index contributed by atoms with van der Waals surface area (Å²) >= 11 is 0. The highest BCUT2D eigenvalue weighted by atomic mass is 16.5. The molecule has 0 spiro atoms. The number of nitrogens with zero attached hydrogens (tertiary/aromatic N) is 3. The van der Waals surface area contributed by atoms with Crippen LogP contribution in [0.15, 0.2) is 101 Å². The third-order valence-corrected chi connectivity index (χ3v) is 5.25. The first-order valence-corrected chi connectivity index (χ1v) is 10.7. The highest BCUT2D eigenvalue weighted by Crippen LogP contribution is 2.20. The number of hydrogen-bond donors (Lipinski definition) is 0. The van der Waals surface area contributed by atoms with E-state index >= 15 is 0 Å². The second kappa shape index (κ2) is 10.3. The molecule has 0 fully saturated rings. The van der Waals surface area contributed by atoms with Gasteiger partial charge in [-0.1, -0.05) is 78.9 Å². The molecule has 164 valence electrons. The van der Waals surface area contributed by atoms with Crippen LogP contribution in [0.25, 0.3) is 10.5 Å². The lowest BCUT2D eigenvalue weighted by atomic mass is 10.1. The van der Waals surface area contributed by atoms with Crippen LogP contribution in [-0.2, 0) is 13.0 Å². The Morgan fingerprint density at radius 1 is 0.788 bits per heavy atom. The zero-order valence-corrected chi connectivity index (χ0v) is 18.1. The van der Waals surface area contributed by atoms with Gasteiger partial charge in [-0.25, -0.2) is 15.9 Å². The predicted molar refractivity (Wildman–Crippen MR) is 128 cm³/mol. The topological polar surface area (TPSA) is 57.6 Å². The molecule has 0 aliphatic carbocycles. The molecule has 0 bridgehead atoms. The van der Waals surface area contributed by atoms with Crippen LogP contribution in [-0.4, -0.2) is 22.3 Å². The maximum atomic E-state index is 13.7. The van der Waals surface area contributed by atoms with Crippen LogP contribution in [0.4, 0.5) is 0 Å². The van der Waals surface area contributed by atoms with E-state index in [-0.39, 0.29) is 25.6 Å². The molecule has 3 aromatic carbocycles. The van der Waals surface area contributed by atoms with Crippen LogP contribution in [0.2, 0.25) is 0 Å². The van der Waals surface area contributed by atoms with Crippen molar-refractivity contribution in [3.05, 3.63) is 140 Å². The number of hydrogen-bond acceptors (Lipinski definition) is 3. The number of ether oxygens (including phenoxy) is 1. The van der Waals surface area contributed by atoms with Crippen LogP contribution < -0.4 is 16.0 Å². The molecule has 4 rings (SSSR count). The van der Waals surface area contributed by atoms with Gasteiger partial charge in [0.25, 0.3) is 5.56 Å². The first-order chi connectivity index (χ1) is 16.2. The van der Waals surface area contributed by atoms with E-state index in [4.69, 9.17) is 11.3 Å². The van der Waals surface area contributed by atoms with Gasteiger partial charge >= 0.3 is 5.69 Å². The summed E-state index contributed by atoms with van der Waals surface area (Å²) < 4.78 is 8.63. The average molecular weight is 437 g/mol. The minimum Gasteiger partial charge on any atom is -0.470 e. The highest BCUT2D eigenvalue weighted by molar-refractivity contribution is 5.38. The maximum absolute atomic E-state index is 13.7. The summed E-state index contributed by atoms with van der Waals surface area (Å²) in [4.78, 5) is 30.6. The van der Waals surface area contributed by atoms with Gasteiger partial charge in [0.1, 0.15) is 0 Å². The van der Waals surface area contributed by atoms with E-state index in [1.807, 2.05) is 66.7 Å². The van der Waals surface area contributed by atoms with E-state index in [0.29, 0.717) is 17.7 Å². The third-order valence-electron chi connectivity index (χ3n) is 5.25. The first-order valence-electron chi connectivity index (χ1n) is 10.7. The molecule has 1 heterocycles. The van der Waals surface area contributed by atoms with Gasteiger partial charge in [-0.15, -0.1) is 0 Å². The Morgan fingerprint density at radius 3 is 1.97 bits per heavy atom. The molecule has 0 atom stereocenters. The van der Waals surface area contributed by atoms with Gasteiger partial charge in [-0.2, -0.15) is 0 Å². The number of benzene rings is 3. The lowest BCUT2D eigenvalue weighted by molar-refractivity contribution is 0.296. The average Bonchev–Trinajstić information content (AvgIpc) is 2.86. The maximum Gasteiger partial charge on any atom is 0.338 e. The smallest absolute Gasteiger partial charge is 0.338 e. The van der Waals surface area contributed by atoms with Crippen LogP contribution in [0.1, 0.15) is 16.7 Å². The number of aromatic nitrogens is 2. The summed E-state index contributed by atoms with van der Waals surface area (Å²) in [6.07, 6.45) is 0.301. The molecule has 0 saturated carbocycles. The fraction of sp³-hybridized carbons (Fsp3) is 0.148. The molecule has 0 unspecified atom stereocenters. The minimum atomic E-state index is -0.482. The summed E-state index contributed by atoms with van der Waals surface area (Å²) in [5.41, 5.74) is 1.80. The van der Waals surface area contributed by atoms with Crippen molar-refractivity contribution in [1.29, 1.82) is 0 Å². The molecular weight excluding hydrogens is 414 g/mol. The van der Waals surface area contributed by atoms with Crippen molar-refractivity contribution in [2.24, 2.45) is 0 Å². The fourth-order valence-corrected chi connectivity index (χ4v) is 3.70. The largest absolute Gasteiger partial charge is 0.470 e. The summed E-state index contributed by atoms with van der Waals surface area (Å²) in [7, 11) is 0. The van der Waals surface area contributed by atoms with Crippen molar-refractivity contribution in [1.82, 2.24) is 9.13 Å². The van der Waals surface area contributed by atoms with Crippen molar-refractivity contribution in [3.63, 3.8) is 0 Å². The van der Waals surface area contributed by atoms with E-state index in [0.717, 1.165) is 11.1 Å². The molecular formula is C27H23N3O3. The zero-order chi connectivity index (χ0) is 23.0. The predicted octanol–water partition coefficient (Wildman–Crippen LogP) is 3.94. The molecule has 6 heteroatoms. The second-order valence-corrected chi connectivity index (χ2v) is 7.51. The SMILES string of the molecule is [C-]#[N+]CCOc1c(Cc2ccccc2)c(=O)n(-c2ccccc2)c(=O)n1Cc1ccccc1. The Hall–Kier alpha value is -4.37. The van der Waals surface area contributed by atoms with Gasteiger partial charge < -0.3 is 9.58 Å². The molecule has 0 saturated heterocycles. The van der Waals surface area contributed by atoms with Gasteiger partial charge in [0.05, 0.1) is 17.8 Å². The summed E-state index contributed by atoms with van der Waals surface area (Å²) in [5.74, 6) is 0.216. The van der Waals surface area contributed by atoms with Crippen LogP contribution in [0, 0.1) is 6.57 Å². The molecule has 0 amide bonds. The third kappa shape index (κ3) is 4.94. The Bertz CT molecular complexity index is 1290. The van der Waals surface area contributed by atoms with E-state index in [9.17, 15) is 9.59 Å². The van der Waals surface area contributed by atoms with Crippen molar-refractivity contribution in [2.75, 3.05) is 13.2 Å². The molecule has 0 N–H and O–H groups in total. The van der Waals surface area contributed by atoms with Crippen molar-refractivity contribution >= 4 is 0 Å². The van der Waals surface area contributed by atoms with Crippen LogP contribution >= 0.6 is 0 Å². The van der Waals surface area contributed by atoms with Gasteiger partial charge in [0.15, 0.2) is 6.61 Å². The monoisotopic (exact) mass is 437 g/mol. The molecule has 1 aromatic heterocycles. The summed E-state index contributed by atoms with van der Waals surface area (Å²) in [5, 5.41) is 0. The Balaban J connectivity index is 1.97. The van der Waals surface area contributed by atoms with Crippen LogP contribution in [0.5, 0.6) is 5.88 Å². The summed E-state index contributed by atoms with van der Waals surface area (Å²) in [6, 6.07) is 28.0. The van der Waals surface area contributed by atoms with E-state index in [2.05, 4.69) is 4.85 Å². The van der Waals surface area contributed by atoms with E-state index < -0.39 is 11.2 Å². The fourth-order valence-electron chi connectivity index (χ4n) is 3.70. The van der Waals surface area contributed by atoms with Gasteiger partial charge in [0, 0.05) is 6.42 Å². The van der Waals surface area contributed by atoms with Crippen molar-refractivity contribution < 1.29 is 4.74 Å². The number of para-hydroxylation sites is 1. The molecule has 6 nitrogen and oxygen atoms in total. The lowest BCUT2D eigenvalue weighted by Crippen LogP contribution is -2.42. The van der Waals surface area contributed by atoms with Gasteiger partial charge in [-0.05, 0) is 23.3 Å².